The number of fused-ring (bicyclic) bond motifs is 3. The fraction of sp³-hybridized carbons (Fsp3) is 0.333. The maximum atomic E-state index is 13.2. The second kappa shape index (κ2) is 6.72. The largest absolute Gasteiger partial charge is 0.325 e. The van der Waals surface area contributed by atoms with Crippen LogP contribution in [0.2, 0.25) is 0 Å². The SMILES string of the molecule is C=CCn1c(Nc2ccc(C)c(C)c2)nc2sc3c(c2c1=O)CCCC3. The van der Waals surface area contributed by atoms with Gasteiger partial charge in [-0.1, -0.05) is 12.1 Å². The van der Waals surface area contributed by atoms with E-state index in [0.29, 0.717) is 12.5 Å². The molecule has 3 aromatic rings. The van der Waals surface area contributed by atoms with E-state index in [0.717, 1.165) is 35.2 Å². The van der Waals surface area contributed by atoms with E-state index in [1.54, 1.807) is 22.0 Å². The van der Waals surface area contributed by atoms with Crippen LogP contribution in [0.5, 0.6) is 0 Å². The van der Waals surface area contributed by atoms with Gasteiger partial charge in [0.15, 0.2) is 0 Å². The maximum absolute atomic E-state index is 13.2. The highest BCUT2D eigenvalue weighted by atomic mass is 32.1. The van der Waals surface area contributed by atoms with Crippen molar-refractivity contribution in [2.24, 2.45) is 0 Å². The Kier molecular flexibility index (Phi) is 4.41. The van der Waals surface area contributed by atoms with Gasteiger partial charge in [0.25, 0.3) is 5.56 Å². The summed E-state index contributed by atoms with van der Waals surface area (Å²) < 4.78 is 1.70. The Balaban J connectivity index is 1.87. The summed E-state index contributed by atoms with van der Waals surface area (Å²) in [6.07, 6.45) is 6.16. The third-order valence-electron chi connectivity index (χ3n) is 5.15. The van der Waals surface area contributed by atoms with Crippen molar-refractivity contribution < 1.29 is 0 Å². The maximum Gasteiger partial charge on any atom is 0.264 e. The Morgan fingerprint density at radius 2 is 2.08 bits per heavy atom. The third-order valence-corrected chi connectivity index (χ3v) is 6.34. The number of nitrogens with one attached hydrogen (secondary N) is 1. The van der Waals surface area contributed by atoms with E-state index in [1.807, 2.05) is 6.07 Å². The second-order valence-corrected chi connectivity index (χ2v) is 8.04. The first-order chi connectivity index (χ1) is 12.6. The summed E-state index contributed by atoms with van der Waals surface area (Å²) in [6.45, 7) is 8.43. The van der Waals surface area contributed by atoms with E-state index >= 15 is 0 Å². The zero-order chi connectivity index (χ0) is 18.3. The number of hydrogen-bond acceptors (Lipinski definition) is 4. The normalized spacial score (nSPS) is 13.6. The number of hydrogen-bond donors (Lipinski definition) is 1. The fourth-order valence-corrected chi connectivity index (χ4v) is 4.83. The first-order valence-electron chi connectivity index (χ1n) is 9.08. The molecule has 0 spiro atoms. The standard InChI is InChI=1S/C21H23N3OS/c1-4-11-24-20(25)18-16-7-5-6-8-17(16)26-19(18)23-21(24)22-15-10-9-13(2)14(3)12-15/h4,9-10,12H,1,5-8,11H2,2-3H3,(H,22,23). The van der Waals surface area contributed by atoms with E-state index in [9.17, 15) is 4.79 Å². The molecule has 26 heavy (non-hydrogen) atoms. The molecule has 1 aliphatic carbocycles. The molecule has 0 bridgehead atoms. The number of aromatic nitrogens is 2. The number of benzene rings is 1. The van der Waals surface area contributed by atoms with Crippen molar-refractivity contribution in [3.05, 3.63) is 62.8 Å². The average molecular weight is 366 g/mol. The highest BCUT2D eigenvalue weighted by molar-refractivity contribution is 7.18. The van der Waals surface area contributed by atoms with Gasteiger partial charge in [0, 0.05) is 17.1 Å². The first-order valence-corrected chi connectivity index (χ1v) is 9.90. The molecule has 0 unspecified atom stereocenters. The topological polar surface area (TPSA) is 46.9 Å². The summed E-state index contributed by atoms with van der Waals surface area (Å²) in [5, 5.41) is 4.17. The lowest BCUT2D eigenvalue weighted by Gasteiger charge is -2.14. The van der Waals surface area contributed by atoms with Crippen LogP contribution in [0, 0.1) is 13.8 Å². The number of thiophene rings is 1. The quantitative estimate of drug-likeness (QED) is 0.670. The van der Waals surface area contributed by atoms with Gasteiger partial charge in [0.05, 0.1) is 5.39 Å². The smallest absolute Gasteiger partial charge is 0.264 e. The molecule has 1 N–H and O–H groups in total. The van der Waals surface area contributed by atoms with E-state index < -0.39 is 0 Å². The first kappa shape index (κ1) is 17.0. The molecule has 0 saturated heterocycles. The van der Waals surface area contributed by atoms with Crippen LogP contribution in [0.25, 0.3) is 10.2 Å². The lowest BCUT2D eigenvalue weighted by molar-refractivity contribution is 0.698. The number of rotatable bonds is 4. The minimum Gasteiger partial charge on any atom is -0.325 e. The Morgan fingerprint density at radius 3 is 2.85 bits per heavy atom. The van der Waals surface area contributed by atoms with Crippen molar-refractivity contribution in [2.75, 3.05) is 5.32 Å². The molecule has 2 aromatic heterocycles. The minimum absolute atomic E-state index is 0.0423. The highest BCUT2D eigenvalue weighted by Gasteiger charge is 2.21. The average Bonchev–Trinajstić information content (AvgIpc) is 3.00. The molecule has 0 radical (unpaired) electrons. The van der Waals surface area contributed by atoms with Crippen molar-refractivity contribution in [2.45, 2.75) is 46.1 Å². The van der Waals surface area contributed by atoms with Gasteiger partial charge < -0.3 is 5.32 Å². The molecule has 2 heterocycles. The molecule has 0 saturated carbocycles. The van der Waals surface area contributed by atoms with E-state index in [-0.39, 0.29) is 5.56 Å². The Bertz CT molecular complexity index is 1060. The van der Waals surface area contributed by atoms with Gasteiger partial charge in [-0.25, -0.2) is 4.98 Å². The van der Waals surface area contributed by atoms with Gasteiger partial charge in [0.2, 0.25) is 5.95 Å². The van der Waals surface area contributed by atoms with Crippen LogP contribution in [0.3, 0.4) is 0 Å². The zero-order valence-corrected chi connectivity index (χ0v) is 16.1. The van der Waals surface area contributed by atoms with Crippen molar-refractivity contribution in [3.63, 3.8) is 0 Å². The molecule has 1 aliphatic rings. The van der Waals surface area contributed by atoms with Gasteiger partial charge in [-0.2, -0.15) is 0 Å². The molecule has 0 aliphatic heterocycles. The van der Waals surface area contributed by atoms with Crippen LogP contribution >= 0.6 is 11.3 Å². The summed E-state index contributed by atoms with van der Waals surface area (Å²) in [6, 6.07) is 6.19. The molecule has 4 nitrogen and oxygen atoms in total. The molecular formula is C21H23N3OS. The molecule has 5 heteroatoms. The van der Waals surface area contributed by atoms with Crippen LogP contribution in [0.1, 0.15) is 34.4 Å². The van der Waals surface area contributed by atoms with Crippen LogP contribution < -0.4 is 10.9 Å². The fourth-order valence-electron chi connectivity index (χ4n) is 3.58. The Hall–Kier alpha value is -2.40. The third kappa shape index (κ3) is 2.86. The van der Waals surface area contributed by atoms with Crippen molar-refractivity contribution in [1.82, 2.24) is 9.55 Å². The molecule has 0 fully saturated rings. The second-order valence-electron chi connectivity index (χ2n) is 6.95. The Labute approximate surface area is 157 Å². The molecule has 4 rings (SSSR count). The van der Waals surface area contributed by atoms with Crippen LogP contribution in [-0.2, 0) is 19.4 Å². The molecular weight excluding hydrogens is 342 g/mol. The van der Waals surface area contributed by atoms with Crippen LogP contribution in [0.15, 0.2) is 35.6 Å². The van der Waals surface area contributed by atoms with Crippen LogP contribution in [0.4, 0.5) is 11.6 Å². The van der Waals surface area contributed by atoms with Crippen molar-refractivity contribution >= 4 is 33.2 Å². The number of allylic oxidation sites excluding steroid dienone is 1. The summed E-state index contributed by atoms with van der Waals surface area (Å²) in [4.78, 5) is 20.2. The predicted molar refractivity (Wildman–Crippen MR) is 110 cm³/mol. The molecule has 0 atom stereocenters. The van der Waals surface area contributed by atoms with E-state index in [2.05, 4.69) is 37.9 Å². The van der Waals surface area contributed by atoms with Gasteiger partial charge in [-0.3, -0.25) is 9.36 Å². The Morgan fingerprint density at radius 1 is 1.27 bits per heavy atom. The van der Waals surface area contributed by atoms with E-state index in [4.69, 9.17) is 4.98 Å². The lowest BCUT2D eigenvalue weighted by atomic mass is 9.97. The van der Waals surface area contributed by atoms with Gasteiger partial charge in [0.1, 0.15) is 4.83 Å². The predicted octanol–water partition coefficient (Wildman–Crippen LogP) is 4.88. The number of nitrogens with zero attached hydrogens (tertiary/aromatic N) is 2. The summed E-state index contributed by atoms with van der Waals surface area (Å²) >= 11 is 1.68. The molecule has 134 valence electrons. The van der Waals surface area contributed by atoms with Crippen molar-refractivity contribution in [3.8, 4) is 0 Å². The van der Waals surface area contributed by atoms with Gasteiger partial charge >= 0.3 is 0 Å². The van der Waals surface area contributed by atoms with Gasteiger partial charge in [-0.15, -0.1) is 17.9 Å². The number of anilines is 2. The summed E-state index contributed by atoms with van der Waals surface area (Å²) in [5.74, 6) is 0.587. The van der Waals surface area contributed by atoms with Crippen molar-refractivity contribution in [1.29, 1.82) is 0 Å². The van der Waals surface area contributed by atoms with E-state index in [1.165, 1.54) is 28.0 Å². The highest BCUT2D eigenvalue weighted by Crippen LogP contribution is 2.34. The monoisotopic (exact) mass is 365 g/mol. The summed E-state index contributed by atoms with van der Waals surface area (Å²) in [7, 11) is 0. The number of aryl methyl sites for hydroxylation is 4. The van der Waals surface area contributed by atoms with Gasteiger partial charge in [-0.05, 0) is 68.4 Å². The zero-order valence-electron chi connectivity index (χ0n) is 15.3. The minimum atomic E-state index is 0.0423. The lowest BCUT2D eigenvalue weighted by Crippen LogP contribution is -2.24. The van der Waals surface area contributed by atoms with Crippen LogP contribution in [-0.4, -0.2) is 9.55 Å². The molecule has 0 amide bonds. The molecule has 1 aromatic carbocycles. The summed E-state index contributed by atoms with van der Waals surface area (Å²) in [5.41, 5.74) is 4.66.